The van der Waals surface area contributed by atoms with E-state index in [1.807, 2.05) is 0 Å². The van der Waals surface area contributed by atoms with Crippen LogP contribution in [-0.2, 0) is 21.3 Å². The Hall–Kier alpha value is -1.20. The smallest absolute Gasteiger partial charge is 0.335 e. The molecule has 1 N–H and O–H groups in total. The molecule has 0 fully saturated rings. The number of carboxylic acids is 1. The highest BCUT2D eigenvalue weighted by molar-refractivity contribution is 7.84. The van der Waals surface area contributed by atoms with E-state index in [0.29, 0.717) is 18.1 Å². The Labute approximate surface area is 103 Å². The number of aromatic carboxylic acids is 1. The Kier molecular flexibility index (Phi) is 5.86. The minimum absolute atomic E-state index is 0.249. The van der Waals surface area contributed by atoms with Crippen molar-refractivity contribution in [2.75, 3.05) is 19.5 Å². The molecule has 1 aromatic carbocycles. The summed E-state index contributed by atoms with van der Waals surface area (Å²) in [5.41, 5.74) is 1.14. The van der Waals surface area contributed by atoms with E-state index in [4.69, 9.17) is 9.84 Å². The van der Waals surface area contributed by atoms with Gasteiger partial charge in [-0.3, -0.25) is 4.21 Å². The predicted molar refractivity (Wildman–Crippen MR) is 66.6 cm³/mol. The number of carbonyl (C=O) groups is 1. The zero-order chi connectivity index (χ0) is 12.7. The van der Waals surface area contributed by atoms with Crippen LogP contribution < -0.4 is 0 Å². The maximum atomic E-state index is 11.6. The zero-order valence-corrected chi connectivity index (χ0v) is 10.5. The van der Waals surface area contributed by atoms with E-state index in [1.54, 1.807) is 19.2 Å². The van der Waals surface area contributed by atoms with Crippen LogP contribution in [0, 0.1) is 0 Å². The molecule has 0 aliphatic heterocycles. The van der Waals surface area contributed by atoms with Crippen molar-refractivity contribution >= 4 is 16.8 Å². The molecule has 5 heteroatoms. The molecule has 1 atom stereocenters. The van der Waals surface area contributed by atoms with Crippen LogP contribution in [0.15, 0.2) is 24.3 Å². The largest absolute Gasteiger partial charge is 0.478 e. The van der Waals surface area contributed by atoms with Gasteiger partial charge < -0.3 is 9.84 Å². The number of carboxylic acid groups (broad SMARTS) is 1. The van der Waals surface area contributed by atoms with Crippen molar-refractivity contribution in [3.8, 4) is 0 Å². The van der Waals surface area contributed by atoms with Crippen molar-refractivity contribution in [1.29, 1.82) is 0 Å². The van der Waals surface area contributed by atoms with Gasteiger partial charge in [0.05, 0.1) is 5.56 Å². The van der Waals surface area contributed by atoms with Gasteiger partial charge in [-0.1, -0.05) is 12.1 Å². The molecule has 0 aliphatic rings. The Morgan fingerprint density at radius 1 is 1.35 bits per heavy atom. The summed E-state index contributed by atoms with van der Waals surface area (Å²) < 4.78 is 16.5. The monoisotopic (exact) mass is 256 g/mol. The summed E-state index contributed by atoms with van der Waals surface area (Å²) in [4.78, 5) is 10.6. The molecule has 1 aromatic rings. The lowest BCUT2D eigenvalue weighted by Gasteiger charge is -2.03. The van der Waals surface area contributed by atoms with Crippen LogP contribution in [0.2, 0.25) is 0 Å². The van der Waals surface area contributed by atoms with Gasteiger partial charge >= 0.3 is 5.97 Å². The molecule has 1 unspecified atom stereocenters. The molecule has 0 saturated carbocycles. The van der Waals surface area contributed by atoms with Crippen LogP contribution >= 0.6 is 0 Å². The van der Waals surface area contributed by atoms with E-state index < -0.39 is 16.8 Å². The number of ether oxygens (including phenoxy) is 1. The van der Waals surface area contributed by atoms with E-state index in [1.165, 1.54) is 12.1 Å². The molecule has 0 saturated heterocycles. The lowest BCUT2D eigenvalue weighted by molar-refractivity contribution is 0.0697. The third kappa shape index (κ3) is 5.10. The van der Waals surface area contributed by atoms with Gasteiger partial charge in [0.1, 0.15) is 0 Å². The van der Waals surface area contributed by atoms with E-state index in [-0.39, 0.29) is 5.56 Å². The van der Waals surface area contributed by atoms with Crippen LogP contribution in [0.3, 0.4) is 0 Å². The summed E-state index contributed by atoms with van der Waals surface area (Å²) in [5, 5.41) is 8.73. The molecule has 0 aromatic heterocycles. The summed E-state index contributed by atoms with van der Waals surface area (Å²) in [6.45, 7) is 0.615. The predicted octanol–water partition coefficient (Wildman–Crippen LogP) is 1.67. The normalized spacial score (nSPS) is 12.3. The Bertz CT molecular complexity index is 386. The molecule has 0 spiro atoms. The molecule has 94 valence electrons. The van der Waals surface area contributed by atoms with Crippen LogP contribution in [0.4, 0.5) is 0 Å². The van der Waals surface area contributed by atoms with E-state index in [9.17, 15) is 9.00 Å². The van der Waals surface area contributed by atoms with Crippen LogP contribution in [0.25, 0.3) is 0 Å². The average Bonchev–Trinajstić information content (AvgIpc) is 2.30. The summed E-state index contributed by atoms with van der Waals surface area (Å²) in [5.74, 6) is 0.121. The summed E-state index contributed by atoms with van der Waals surface area (Å²) >= 11 is 0. The minimum Gasteiger partial charge on any atom is -0.478 e. The van der Waals surface area contributed by atoms with Gasteiger partial charge in [0.2, 0.25) is 0 Å². The molecular formula is C12H16O4S. The number of hydrogen-bond donors (Lipinski definition) is 1. The molecule has 0 amide bonds. The first-order chi connectivity index (χ1) is 8.13. The molecule has 0 aliphatic carbocycles. The molecule has 17 heavy (non-hydrogen) atoms. The Morgan fingerprint density at radius 3 is 2.53 bits per heavy atom. The highest BCUT2D eigenvalue weighted by Gasteiger charge is 2.04. The quantitative estimate of drug-likeness (QED) is 0.754. The third-order valence-corrected chi connectivity index (χ3v) is 3.65. The van der Waals surface area contributed by atoms with Crippen molar-refractivity contribution in [3.05, 3.63) is 35.4 Å². The molecule has 0 bridgehead atoms. The fraction of sp³-hybridized carbons (Fsp3) is 0.417. The van der Waals surface area contributed by atoms with Crippen molar-refractivity contribution in [2.24, 2.45) is 0 Å². The standard InChI is InChI=1S/C12H16O4S/c1-16-7-2-8-17(15)9-10-3-5-11(6-4-10)12(13)14/h3-6H,2,7-9H2,1H3,(H,13,14). The fourth-order valence-corrected chi connectivity index (χ4v) is 2.51. The minimum atomic E-state index is -0.947. The highest BCUT2D eigenvalue weighted by atomic mass is 32.2. The maximum Gasteiger partial charge on any atom is 0.335 e. The summed E-state index contributed by atoms with van der Waals surface area (Å²) in [6.07, 6.45) is 0.774. The second kappa shape index (κ2) is 7.19. The van der Waals surface area contributed by atoms with Gasteiger partial charge in [-0.25, -0.2) is 4.79 Å². The first-order valence-corrected chi connectivity index (χ1v) is 6.78. The van der Waals surface area contributed by atoms with Gasteiger partial charge in [0.15, 0.2) is 0 Å². The average molecular weight is 256 g/mol. The number of rotatable bonds is 7. The fourth-order valence-electron chi connectivity index (χ4n) is 1.37. The summed E-state index contributed by atoms with van der Waals surface area (Å²) in [6, 6.07) is 6.48. The van der Waals surface area contributed by atoms with E-state index in [0.717, 1.165) is 12.0 Å². The number of hydrogen-bond acceptors (Lipinski definition) is 3. The van der Waals surface area contributed by atoms with Crippen molar-refractivity contribution in [3.63, 3.8) is 0 Å². The molecule has 0 heterocycles. The SMILES string of the molecule is COCCCS(=O)Cc1ccc(C(=O)O)cc1. The van der Waals surface area contributed by atoms with E-state index in [2.05, 4.69) is 0 Å². The zero-order valence-electron chi connectivity index (χ0n) is 9.72. The number of benzene rings is 1. The van der Waals surface area contributed by atoms with Gasteiger partial charge in [0, 0.05) is 36.0 Å². The van der Waals surface area contributed by atoms with Crippen LogP contribution in [0.1, 0.15) is 22.3 Å². The van der Waals surface area contributed by atoms with Gasteiger partial charge in [-0.05, 0) is 24.1 Å². The van der Waals surface area contributed by atoms with Crippen LogP contribution in [0.5, 0.6) is 0 Å². The number of methoxy groups -OCH3 is 1. The lowest BCUT2D eigenvalue weighted by atomic mass is 10.1. The molecule has 1 rings (SSSR count). The molecule has 4 nitrogen and oxygen atoms in total. The first-order valence-electron chi connectivity index (χ1n) is 5.29. The Balaban J connectivity index is 2.46. The summed E-state index contributed by atoms with van der Waals surface area (Å²) in [7, 11) is 0.701. The first kappa shape index (κ1) is 13.9. The van der Waals surface area contributed by atoms with Crippen molar-refractivity contribution in [1.82, 2.24) is 0 Å². The van der Waals surface area contributed by atoms with E-state index >= 15 is 0 Å². The van der Waals surface area contributed by atoms with Crippen molar-refractivity contribution < 1.29 is 18.8 Å². The van der Waals surface area contributed by atoms with Crippen molar-refractivity contribution in [2.45, 2.75) is 12.2 Å². The topological polar surface area (TPSA) is 63.6 Å². The third-order valence-electron chi connectivity index (χ3n) is 2.25. The van der Waals surface area contributed by atoms with Gasteiger partial charge in [-0.2, -0.15) is 0 Å². The highest BCUT2D eigenvalue weighted by Crippen LogP contribution is 2.07. The maximum absolute atomic E-state index is 11.6. The lowest BCUT2D eigenvalue weighted by Crippen LogP contribution is -2.04. The van der Waals surface area contributed by atoms with Gasteiger partial charge in [0.25, 0.3) is 0 Å². The van der Waals surface area contributed by atoms with Crippen LogP contribution in [-0.4, -0.2) is 34.8 Å². The molecular weight excluding hydrogens is 240 g/mol. The second-order valence-electron chi connectivity index (χ2n) is 3.64. The second-order valence-corrected chi connectivity index (χ2v) is 5.21. The molecule has 0 radical (unpaired) electrons. The Morgan fingerprint density at radius 2 is 2.00 bits per heavy atom. The van der Waals surface area contributed by atoms with Gasteiger partial charge in [-0.15, -0.1) is 0 Å².